The first-order valence-electron chi connectivity index (χ1n) is 10.7. The van der Waals surface area contributed by atoms with Gasteiger partial charge in [-0.05, 0) is 18.3 Å². The molecule has 0 rings (SSSR count). The highest BCUT2D eigenvalue weighted by Gasteiger charge is 2.08. The Kier molecular flexibility index (Phi) is 18.9. The third-order valence-electron chi connectivity index (χ3n) is 4.12. The Morgan fingerprint density at radius 2 is 1.04 bits per heavy atom. The molecule has 0 aliphatic carbocycles. The molecule has 3 N–H and O–H groups in total. The van der Waals surface area contributed by atoms with Gasteiger partial charge in [-0.1, -0.05) is 59.3 Å². The van der Waals surface area contributed by atoms with Crippen molar-refractivity contribution in [2.75, 3.05) is 52.9 Å². The summed E-state index contributed by atoms with van der Waals surface area (Å²) >= 11 is 0. The quantitative estimate of drug-likeness (QED) is 0.244. The Labute approximate surface area is 167 Å². The fourth-order valence-corrected chi connectivity index (χ4v) is 2.61. The van der Waals surface area contributed by atoms with E-state index in [0.29, 0.717) is 45.1 Å². The second-order valence-electron chi connectivity index (χ2n) is 8.26. The summed E-state index contributed by atoms with van der Waals surface area (Å²) in [7, 11) is 0. The van der Waals surface area contributed by atoms with Gasteiger partial charge in [0.2, 0.25) is 0 Å². The monoisotopic (exact) mass is 391 g/mol. The third-order valence-corrected chi connectivity index (χ3v) is 4.12. The van der Waals surface area contributed by atoms with Crippen LogP contribution in [0.15, 0.2) is 0 Å². The van der Waals surface area contributed by atoms with Crippen molar-refractivity contribution in [3.05, 3.63) is 0 Å². The summed E-state index contributed by atoms with van der Waals surface area (Å²) in [5.74, 6) is 0. The van der Waals surface area contributed by atoms with E-state index >= 15 is 0 Å². The van der Waals surface area contributed by atoms with Gasteiger partial charge in [-0.25, -0.2) is 0 Å². The molecular formula is C21H45NO5. The second-order valence-corrected chi connectivity index (χ2v) is 8.26. The lowest BCUT2D eigenvalue weighted by Crippen LogP contribution is -2.26. The van der Waals surface area contributed by atoms with Gasteiger partial charge in [0, 0.05) is 6.61 Å². The normalized spacial score (nSPS) is 13.2. The van der Waals surface area contributed by atoms with Crippen LogP contribution in [0.4, 0.5) is 0 Å². The fraction of sp³-hybridized carbons (Fsp3) is 1.00. The van der Waals surface area contributed by atoms with Crippen LogP contribution in [0.3, 0.4) is 0 Å². The molecule has 164 valence electrons. The smallest absolute Gasteiger partial charge is 0.126 e. The van der Waals surface area contributed by atoms with Crippen molar-refractivity contribution < 1.29 is 24.1 Å². The largest absolute Gasteiger partial charge is 0.379 e. The van der Waals surface area contributed by atoms with Crippen molar-refractivity contribution in [3.63, 3.8) is 0 Å². The van der Waals surface area contributed by atoms with E-state index in [1.54, 1.807) is 0 Å². The van der Waals surface area contributed by atoms with Crippen LogP contribution in [0.5, 0.6) is 0 Å². The molecule has 0 spiro atoms. The number of aliphatic hydroxyl groups excluding tert-OH is 1. The predicted octanol–water partition coefficient (Wildman–Crippen LogP) is 3.50. The number of ether oxygens (including phenoxy) is 4. The molecule has 0 saturated heterocycles. The van der Waals surface area contributed by atoms with E-state index in [9.17, 15) is 0 Å². The molecule has 1 unspecified atom stereocenters. The van der Waals surface area contributed by atoms with Gasteiger partial charge >= 0.3 is 0 Å². The maximum atomic E-state index is 8.80. The van der Waals surface area contributed by atoms with Crippen LogP contribution in [-0.4, -0.2) is 64.2 Å². The van der Waals surface area contributed by atoms with Gasteiger partial charge in [0.1, 0.15) is 6.23 Å². The molecule has 0 aromatic carbocycles. The molecule has 0 fully saturated rings. The number of rotatable bonds is 20. The lowest BCUT2D eigenvalue weighted by atomic mass is 9.89. The fourth-order valence-electron chi connectivity index (χ4n) is 2.61. The van der Waals surface area contributed by atoms with Crippen LogP contribution < -0.4 is 5.73 Å². The predicted molar refractivity (Wildman–Crippen MR) is 110 cm³/mol. The molecule has 0 heterocycles. The summed E-state index contributed by atoms with van der Waals surface area (Å²) in [4.78, 5) is 0. The van der Waals surface area contributed by atoms with E-state index in [-0.39, 0.29) is 6.61 Å². The van der Waals surface area contributed by atoms with Crippen molar-refractivity contribution >= 4 is 0 Å². The highest BCUT2D eigenvalue weighted by molar-refractivity contribution is 4.61. The van der Waals surface area contributed by atoms with Crippen LogP contribution in [0.2, 0.25) is 0 Å². The van der Waals surface area contributed by atoms with Crippen LogP contribution in [-0.2, 0) is 18.9 Å². The number of aliphatic hydroxyl groups is 1. The van der Waals surface area contributed by atoms with E-state index in [2.05, 4.69) is 20.8 Å². The van der Waals surface area contributed by atoms with Gasteiger partial charge in [-0.2, -0.15) is 0 Å². The molecule has 0 radical (unpaired) electrons. The molecule has 0 aromatic rings. The summed E-state index contributed by atoms with van der Waals surface area (Å²) in [5, 5.41) is 8.80. The van der Waals surface area contributed by atoms with Gasteiger partial charge in [0.05, 0.1) is 46.2 Å². The maximum Gasteiger partial charge on any atom is 0.126 e. The average Bonchev–Trinajstić information content (AvgIpc) is 2.58. The summed E-state index contributed by atoms with van der Waals surface area (Å²) in [6, 6.07) is 0. The minimum Gasteiger partial charge on any atom is -0.379 e. The molecule has 6 heteroatoms. The van der Waals surface area contributed by atoms with Gasteiger partial charge in [0.25, 0.3) is 0 Å². The van der Waals surface area contributed by atoms with E-state index in [4.69, 9.17) is 29.8 Å². The second kappa shape index (κ2) is 19.1. The minimum atomic E-state index is -0.920. The molecule has 0 aliphatic rings. The molecule has 6 nitrogen and oxygen atoms in total. The summed E-state index contributed by atoms with van der Waals surface area (Å²) in [6.07, 6.45) is 9.60. The molecule has 0 aliphatic heterocycles. The van der Waals surface area contributed by atoms with Gasteiger partial charge in [-0.15, -0.1) is 0 Å². The first kappa shape index (κ1) is 26.8. The van der Waals surface area contributed by atoms with Crippen LogP contribution in [0, 0.1) is 5.41 Å². The zero-order chi connectivity index (χ0) is 20.2. The van der Waals surface area contributed by atoms with Crippen molar-refractivity contribution in [2.24, 2.45) is 11.1 Å². The molecule has 27 heavy (non-hydrogen) atoms. The van der Waals surface area contributed by atoms with Crippen LogP contribution in [0.1, 0.15) is 72.1 Å². The number of hydrogen-bond acceptors (Lipinski definition) is 6. The third kappa shape index (κ3) is 25.8. The molecular weight excluding hydrogens is 346 g/mol. The van der Waals surface area contributed by atoms with E-state index in [1.165, 1.54) is 44.9 Å². The number of hydrogen-bond donors (Lipinski definition) is 2. The first-order valence-corrected chi connectivity index (χ1v) is 10.7. The van der Waals surface area contributed by atoms with Gasteiger partial charge < -0.3 is 29.8 Å². The molecule has 0 aromatic heterocycles. The Balaban J connectivity index is 3.03. The van der Waals surface area contributed by atoms with Crippen LogP contribution in [0.25, 0.3) is 0 Å². The topological polar surface area (TPSA) is 83.2 Å². The summed E-state index contributed by atoms with van der Waals surface area (Å²) < 4.78 is 21.4. The van der Waals surface area contributed by atoms with Gasteiger partial charge in [0.15, 0.2) is 0 Å². The standard InChI is InChI=1S/C21H45NO5/c1-21(2,3)11-9-7-5-4-6-8-10-12-24-13-14-25-15-16-26-17-18-27-19-20(22)23/h20,23H,4-19,22H2,1-3H3. The Morgan fingerprint density at radius 3 is 1.52 bits per heavy atom. The number of unbranched alkanes of at least 4 members (excludes halogenated alkanes) is 6. The lowest BCUT2D eigenvalue weighted by molar-refractivity contribution is -0.0158. The number of nitrogens with two attached hydrogens (primary N) is 1. The highest BCUT2D eigenvalue weighted by Crippen LogP contribution is 2.22. The zero-order valence-electron chi connectivity index (χ0n) is 18.0. The lowest BCUT2D eigenvalue weighted by Gasteiger charge is -2.17. The minimum absolute atomic E-state index is 0.134. The van der Waals surface area contributed by atoms with Gasteiger partial charge in [-0.3, -0.25) is 0 Å². The summed E-state index contributed by atoms with van der Waals surface area (Å²) in [6.45, 7) is 11.2. The molecule has 0 saturated carbocycles. The van der Waals surface area contributed by atoms with E-state index < -0.39 is 6.23 Å². The van der Waals surface area contributed by atoms with Crippen molar-refractivity contribution in [3.8, 4) is 0 Å². The van der Waals surface area contributed by atoms with Crippen molar-refractivity contribution in [2.45, 2.75) is 78.4 Å². The highest BCUT2D eigenvalue weighted by atomic mass is 16.6. The van der Waals surface area contributed by atoms with Crippen LogP contribution >= 0.6 is 0 Å². The molecule has 0 amide bonds. The molecule has 1 atom stereocenters. The SMILES string of the molecule is CC(C)(C)CCCCCCCCCOCCOCCOCCOCC(N)O. The Bertz CT molecular complexity index is 295. The average molecular weight is 392 g/mol. The van der Waals surface area contributed by atoms with Crippen molar-refractivity contribution in [1.82, 2.24) is 0 Å². The van der Waals surface area contributed by atoms with E-state index in [0.717, 1.165) is 13.0 Å². The Morgan fingerprint density at radius 1 is 0.630 bits per heavy atom. The molecule has 0 bridgehead atoms. The maximum absolute atomic E-state index is 8.80. The van der Waals surface area contributed by atoms with E-state index in [1.807, 2.05) is 0 Å². The Hall–Kier alpha value is -0.240. The summed E-state index contributed by atoms with van der Waals surface area (Å²) in [5.41, 5.74) is 5.62. The van der Waals surface area contributed by atoms with Crippen molar-refractivity contribution in [1.29, 1.82) is 0 Å². The zero-order valence-corrected chi connectivity index (χ0v) is 18.0. The first-order chi connectivity index (χ1) is 12.9.